The Hall–Kier alpha value is -1.72. The van der Waals surface area contributed by atoms with Gasteiger partial charge in [-0.3, -0.25) is 4.84 Å². The van der Waals surface area contributed by atoms with Gasteiger partial charge in [0, 0.05) is 0 Å². The molecule has 3 aliphatic rings. The molecule has 1 saturated carbocycles. The van der Waals surface area contributed by atoms with Crippen LogP contribution in [0.3, 0.4) is 0 Å². The van der Waals surface area contributed by atoms with Crippen molar-refractivity contribution in [3.8, 4) is 0 Å². The minimum absolute atomic E-state index is 0.0417. The molecule has 0 aromatic heterocycles. The molecule has 2 aromatic rings. The van der Waals surface area contributed by atoms with Gasteiger partial charge < -0.3 is 9.47 Å². The zero-order valence-electron chi connectivity index (χ0n) is 14.9. The molecule has 0 unspecified atom stereocenters. The summed E-state index contributed by atoms with van der Waals surface area (Å²) in [6.07, 6.45) is 3.53. The van der Waals surface area contributed by atoms with Crippen LogP contribution < -0.4 is 0 Å². The quantitative estimate of drug-likeness (QED) is 0.794. The predicted octanol–water partition coefficient (Wildman–Crippen LogP) is 3.71. The summed E-state index contributed by atoms with van der Waals surface area (Å²) in [5.41, 5.74) is 2.51. The third-order valence-electron chi connectivity index (χ3n) is 5.77. The molecule has 0 bridgehead atoms. The number of rotatable bonds is 6. The molecule has 0 radical (unpaired) electrons. The summed E-state index contributed by atoms with van der Waals surface area (Å²) in [7, 11) is 0. The van der Waals surface area contributed by atoms with E-state index in [1.807, 2.05) is 12.1 Å². The molecule has 136 valence electrons. The fourth-order valence-corrected chi connectivity index (χ4v) is 4.16. The third kappa shape index (κ3) is 3.30. The monoisotopic (exact) mass is 351 g/mol. The maximum atomic E-state index is 6.38. The number of fused-ring (bicyclic) bond motifs is 1. The van der Waals surface area contributed by atoms with E-state index in [9.17, 15) is 0 Å². The highest BCUT2D eigenvalue weighted by Gasteiger charge is 2.60. The van der Waals surface area contributed by atoms with Gasteiger partial charge in [0.2, 0.25) is 0 Å². The summed E-state index contributed by atoms with van der Waals surface area (Å²) in [4.78, 5) is 6.22. The van der Waals surface area contributed by atoms with Crippen molar-refractivity contribution in [2.24, 2.45) is 0 Å². The molecule has 2 heterocycles. The van der Waals surface area contributed by atoms with E-state index in [1.54, 1.807) is 0 Å². The van der Waals surface area contributed by atoms with Crippen LogP contribution in [0, 0.1) is 0 Å². The van der Waals surface area contributed by atoms with E-state index in [1.165, 1.54) is 24.0 Å². The number of benzene rings is 2. The van der Waals surface area contributed by atoms with Crippen LogP contribution in [0.5, 0.6) is 0 Å². The Labute approximate surface area is 154 Å². The highest BCUT2D eigenvalue weighted by Crippen LogP contribution is 2.52. The Balaban J connectivity index is 1.27. The molecule has 3 atom stereocenters. The first-order chi connectivity index (χ1) is 12.8. The van der Waals surface area contributed by atoms with Crippen LogP contribution in [-0.4, -0.2) is 35.5 Å². The van der Waals surface area contributed by atoms with Gasteiger partial charge in [-0.2, -0.15) is 5.06 Å². The van der Waals surface area contributed by atoms with Gasteiger partial charge in [0.05, 0.1) is 31.4 Å². The van der Waals surface area contributed by atoms with Crippen molar-refractivity contribution in [1.82, 2.24) is 5.06 Å². The van der Waals surface area contributed by atoms with Gasteiger partial charge in [0.25, 0.3) is 0 Å². The second-order valence-electron chi connectivity index (χ2n) is 7.74. The highest BCUT2D eigenvalue weighted by molar-refractivity contribution is 5.15. The number of hydrogen-bond acceptors (Lipinski definition) is 4. The molecule has 1 spiro atoms. The maximum absolute atomic E-state index is 6.38. The number of nitrogens with zero attached hydrogens (tertiary/aromatic N) is 1. The first kappa shape index (κ1) is 16.5. The summed E-state index contributed by atoms with van der Waals surface area (Å²) < 4.78 is 12.6. The van der Waals surface area contributed by atoms with E-state index >= 15 is 0 Å². The molecule has 3 fully saturated rings. The fourth-order valence-electron chi connectivity index (χ4n) is 4.16. The van der Waals surface area contributed by atoms with Crippen molar-refractivity contribution in [2.75, 3.05) is 6.54 Å². The lowest BCUT2D eigenvalue weighted by atomic mass is 10.0. The first-order valence-corrected chi connectivity index (χ1v) is 9.58. The summed E-state index contributed by atoms with van der Waals surface area (Å²) >= 11 is 0. The van der Waals surface area contributed by atoms with Crippen LogP contribution in [0.4, 0.5) is 0 Å². The Kier molecular flexibility index (Phi) is 4.29. The lowest BCUT2D eigenvalue weighted by Gasteiger charge is -2.24. The molecule has 5 rings (SSSR count). The molecule has 0 N–H and O–H groups in total. The molecule has 1 aliphatic carbocycles. The normalized spacial score (nSPS) is 29.2. The summed E-state index contributed by atoms with van der Waals surface area (Å²) in [5.74, 6) is 0. The second-order valence-corrected chi connectivity index (χ2v) is 7.74. The Morgan fingerprint density at radius 1 is 0.885 bits per heavy atom. The van der Waals surface area contributed by atoms with Crippen molar-refractivity contribution >= 4 is 0 Å². The van der Waals surface area contributed by atoms with Crippen LogP contribution in [0.1, 0.15) is 30.4 Å². The molecule has 4 nitrogen and oxygen atoms in total. The largest absolute Gasteiger partial charge is 0.369 e. The lowest BCUT2D eigenvalue weighted by molar-refractivity contribution is -0.166. The Morgan fingerprint density at radius 3 is 2.12 bits per heavy atom. The number of hydrogen-bond donors (Lipinski definition) is 0. The van der Waals surface area contributed by atoms with Crippen molar-refractivity contribution in [3.05, 3.63) is 71.8 Å². The van der Waals surface area contributed by atoms with Gasteiger partial charge in [-0.05, 0) is 30.4 Å². The van der Waals surface area contributed by atoms with Gasteiger partial charge >= 0.3 is 0 Å². The number of hydroxylamine groups is 2. The van der Waals surface area contributed by atoms with E-state index < -0.39 is 0 Å². The second kappa shape index (κ2) is 6.78. The van der Waals surface area contributed by atoms with E-state index in [0.29, 0.717) is 19.3 Å². The SMILES string of the molecule is c1ccc(CO[C@@H]2[C@@H](OCc3ccccc3)CN3OC4(CC4)C[C@@H]23)cc1. The van der Waals surface area contributed by atoms with Crippen molar-refractivity contribution < 1.29 is 14.3 Å². The molecule has 26 heavy (non-hydrogen) atoms. The zero-order chi connectivity index (χ0) is 17.4. The predicted molar refractivity (Wildman–Crippen MR) is 98.2 cm³/mol. The highest BCUT2D eigenvalue weighted by atomic mass is 16.7. The van der Waals surface area contributed by atoms with E-state index in [4.69, 9.17) is 14.3 Å². The topological polar surface area (TPSA) is 30.9 Å². The third-order valence-corrected chi connectivity index (χ3v) is 5.77. The van der Waals surface area contributed by atoms with Gasteiger partial charge in [0.15, 0.2) is 0 Å². The summed E-state index contributed by atoms with van der Waals surface area (Å²) in [5, 5.41) is 2.14. The van der Waals surface area contributed by atoms with Gasteiger partial charge in [0.1, 0.15) is 12.2 Å². The molecule has 0 amide bonds. The minimum Gasteiger partial charge on any atom is -0.369 e. The van der Waals surface area contributed by atoms with Crippen LogP contribution in [0.2, 0.25) is 0 Å². The molecule has 4 heteroatoms. The van der Waals surface area contributed by atoms with E-state index in [0.717, 1.165) is 13.0 Å². The Morgan fingerprint density at radius 2 is 1.50 bits per heavy atom. The molecular formula is C22H25NO3. The van der Waals surface area contributed by atoms with Crippen LogP contribution >= 0.6 is 0 Å². The van der Waals surface area contributed by atoms with Crippen LogP contribution in [0.15, 0.2) is 60.7 Å². The summed E-state index contributed by atoms with van der Waals surface area (Å²) in [6.45, 7) is 2.02. The first-order valence-electron chi connectivity index (χ1n) is 9.58. The molecule has 2 aliphatic heterocycles. The molecular weight excluding hydrogens is 326 g/mol. The van der Waals surface area contributed by atoms with Crippen molar-refractivity contribution in [1.29, 1.82) is 0 Å². The zero-order valence-corrected chi connectivity index (χ0v) is 14.9. The Bertz CT molecular complexity index is 732. The van der Waals surface area contributed by atoms with Crippen molar-refractivity contribution in [2.45, 2.75) is 56.3 Å². The summed E-state index contributed by atoms with van der Waals surface area (Å²) in [6, 6.07) is 21.0. The average molecular weight is 351 g/mol. The lowest BCUT2D eigenvalue weighted by Crippen LogP contribution is -2.36. The van der Waals surface area contributed by atoms with Crippen LogP contribution in [0.25, 0.3) is 0 Å². The fraction of sp³-hybridized carbons (Fsp3) is 0.455. The smallest absolute Gasteiger partial charge is 0.103 e. The minimum atomic E-state index is 0.0417. The number of ether oxygens (including phenoxy) is 2. The van der Waals surface area contributed by atoms with Gasteiger partial charge in [-0.15, -0.1) is 0 Å². The van der Waals surface area contributed by atoms with E-state index in [2.05, 4.69) is 53.6 Å². The van der Waals surface area contributed by atoms with Crippen molar-refractivity contribution in [3.63, 3.8) is 0 Å². The average Bonchev–Trinajstić information content (AvgIpc) is 3.24. The van der Waals surface area contributed by atoms with E-state index in [-0.39, 0.29) is 17.8 Å². The molecule has 2 aromatic carbocycles. The maximum Gasteiger partial charge on any atom is 0.103 e. The standard InChI is InChI=1S/C22H25NO3/c1-3-7-17(8-4-1)15-24-20-14-23-19(13-22(26-23)11-12-22)21(20)25-16-18-9-5-2-6-10-18/h1-10,19-21H,11-16H2/t19-,20-,21-/m0/s1. The molecule has 2 saturated heterocycles. The van der Waals surface area contributed by atoms with Gasteiger partial charge in [-0.1, -0.05) is 60.7 Å². The van der Waals surface area contributed by atoms with Crippen LogP contribution in [-0.2, 0) is 27.5 Å². The van der Waals surface area contributed by atoms with Gasteiger partial charge in [-0.25, -0.2) is 0 Å².